The van der Waals surface area contributed by atoms with Gasteiger partial charge >= 0.3 is 0 Å². The molecule has 0 bridgehead atoms. The van der Waals surface area contributed by atoms with Gasteiger partial charge in [0.25, 0.3) is 0 Å². The fraction of sp³-hybridized carbons (Fsp3) is 1.00. The van der Waals surface area contributed by atoms with Crippen LogP contribution in [0.2, 0.25) is 0 Å². The summed E-state index contributed by atoms with van der Waals surface area (Å²) in [7, 11) is 0. The van der Waals surface area contributed by atoms with E-state index in [1.54, 1.807) is 0 Å². The monoisotopic (exact) mass is 280 g/mol. The van der Waals surface area contributed by atoms with E-state index in [2.05, 4.69) is 44.8 Å². The van der Waals surface area contributed by atoms with Crippen LogP contribution in [0.15, 0.2) is 0 Å². The second-order valence-corrected chi connectivity index (χ2v) is 7.95. The zero-order valence-electron chi connectivity index (χ0n) is 14.4. The molecule has 2 rings (SSSR count). The Balaban J connectivity index is 2.12. The van der Waals surface area contributed by atoms with Crippen molar-refractivity contribution in [3.05, 3.63) is 0 Å². The maximum absolute atomic E-state index is 3.81. The smallest absolute Gasteiger partial charge is 0.0247 e. The number of nitrogens with one attached hydrogen (secondary N) is 1. The van der Waals surface area contributed by atoms with Crippen molar-refractivity contribution in [3.63, 3.8) is 0 Å². The van der Waals surface area contributed by atoms with Crippen LogP contribution in [0.3, 0.4) is 0 Å². The van der Waals surface area contributed by atoms with Gasteiger partial charge in [0.1, 0.15) is 0 Å². The van der Waals surface area contributed by atoms with Gasteiger partial charge in [-0.1, -0.05) is 53.9 Å². The number of rotatable bonds is 3. The fourth-order valence-corrected chi connectivity index (χ4v) is 4.23. The molecule has 0 amide bonds. The zero-order valence-corrected chi connectivity index (χ0v) is 14.4. The third-order valence-electron chi connectivity index (χ3n) is 5.74. The highest BCUT2D eigenvalue weighted by molar-refractivity contribution is 4.94. The van der Waals surface area contributed by atoms with Crippen molar-refractivity contribution < 1.29 is 0 Å². The van der Waals surface area contributed by atoms with Gasteiger partial charge in [0, 0.05) is 31.2 Å². The van der Waals surface area contributed by atoms with E-state index >= 15 is 0 Å². The summed E-state index contributed by atoms with van der Waals surface area (Å²) in [5, 5.41) is 3.81. The zero-order chi connectivity index (χ0) is 14.7. The highest BCUT2D eigenvalue weighted by Gasteiger charge is 2.37. The third-order valence-corrected chi connectivity index (χ3v) is 5.74. The van der Waals surface area contributed by atoms with Crippen molar-refractivity contribution in [2.75, 3.05) is 13.1 Å². The van der Waals surface area contributed by atoms with E-state index in [1.165, 1.54) is 45.2 Å². The molecule has 1 N–H and O–H groups in total. The molecule has 1 heterocycles. The molecule has 4 unspecified atom stereocenters. The lowest BCUT2D eigenvalue weighted by Gasteiger charge is -2.49. The van der Waals surface area contributed by atoms with E-state index in [0.717, 1.165) is 29.8 Å². The first-order valence-electron chi connectivity index (χ1n) is 8.99. The first-order valence-corrected chi connectivity index (χ1v) is 8.99. The molecule has 0 aromatic heterocycles. The Morgan fingerprint density at radius 1 is 0.950 bits per heavy atom. The summed E-state index contributed by atoms with van der Waals surface area (Å²) < 4.78 is 0. The second-order valence-electron chi connectivity index (χ2n) is 7.95. The standard InChI is InChI=1S/C18H36N2/c1-13(2)16-12-20(18(11-19-16)14(3)4)17-10-8-6-7-9-15(17)5/h13-19H,6-12H2,1-5H3. The highest BCUT2D eigenvalue weighted by atomic mass is 15.3. The van der Waals surface area contributed by atoms with Crippen molar-refractivity contribution in [2.24, 2.45) is 17.8 Å². The van der Waals surface area contributed by atoms with Crippen LogP contribution >= 0.6 is 0 Å². The molecule has 0 aromatic rings. The molecule has 2 nitrogen and oxygen atoms in total. The average Bonchev–Trinajstić information content (AvgIpc) is 2.62. The van der Waals surface area contributed by atoms with Gasteiger partial charge in [-0.25, -0.2) is 0 Å². The first-order chi connectivity index (χ1) is 9.50. The first kappa shape index (κ1) is 16.3. The molecule has 2 aliphatic rings. The lowest BCUT2D eigenvalue weighted by Crippen LogP contribution is -2.63. The molecule has 0 radical (unpaired) electrons. The van der Waals surface area contributed by atoms with Crippen LogP contribution in [0.4, 0.5) is 0 Å². The summed E-state index contributed by atoms with van der Waals surface area (Å²) in [4.78, 5) is 2.90. The number of piperazine rings is 1. The SMILES string of the molecule is CC(C)C1CN(C2CCCCCC2C)C(C(C)C)CN1. The molecule has 118 valence electrons. The summed E-state index contributed by atoms with van der Waals surface area (Å²) >= 11 is 0. The Morgan fingerprint density at radius 2 is 1.65 bits per heavy atom. The molecular weight excluding hydrogens is 244 g/mol. The second kappa shape index (κ2) is 7.26. The van der Waals surface area contributed by atoms with Gasteiger partial charge in [-0.2, -0.15) is 0 Å². The molecule has 4 atom stereocenters. The summed E-state index contributed by atoms with van der Waals surface area (Å²) in [5.41, 5.74) is 0. The average molecular weight is 280 g/mol. The molecule has 0 aromatic carbocycles. The lowest BCUT2D eigenvalue weighted by molar-refractivity contribution is 0.0213. The minimum Gasteiger partial charge on any atom is -0.311 e. The van der Waals surface area contributed by atoms with Crippen molar-refractivity contribution in [1.29, 1.82) is 0 Å². The maximum atomic E-state index is 3.81. The number of hydrogen-bond donors (Lipinski definition) is 1. The molecule has 1 saturated carbocycles. The Labute approximate surface area is 126 Å². The largest absolute Gasteiger partial charge is 0.311 e. The quantitative estimate of drug-likeness (QED) is 0.789. The van der Waals surface area contributed by atoms with Gasteiger partial charge in [0.2, 0.25) is 0 Å². The molecular formula is C18H36N2. The Hall–Kier alpha value is -0.0800. The topological polar surface area (TPSA) is 15.3 Å². The van der Waals surface area contributed by atoms with Crippen LogP contribution in [0.5, 0.6) is 0 Å². The van der Waals surface area contributed by atoms with E-state index in [1.807, 2.05) is 0 Å². The summed E-state index contributed by atoms with van der Waals surface area (Å²) in [6, 6.07) is 2.24. The summed E-state index contributed by atoms with van der Waals surface area (Å²) in [5.74, 6) is 2.38. The molecule has 1 aliphatic carbocycles. The predicted molar refractivity (Wildman–Crippen MR) is 88.0 cm³/mol. The molecule has 2 heteroatoms. The van der Waals surface area contributed by atoms with Gasteiger partial charge in [-0.15, -0.1) is 0 Å². The van der Waals surface area contributed by atoms with E-state index in [4.69, 9.17) is 0 Å². The maximum Gasteiger partial charge on any atom is 0.0247 e. The van der Waals surface area contributed by atoms with Crippen LogP contribution in [0.1, 0.15) is 66.7 Å². The minimum atomic E-state index is 0.681. The molecule has 20 heavy (non-hydrogen) atoms. The van der Waals surface area contributed by atoms with Gasteiger partial charge in [0.05, 0.1) is 0 Å². The Morgan fingerprint density at radius 3 is 2.30 bits per heavy atom. The van der Waals surface area contributed by atoms with Crippen molar-refractivity contribution in [3.8, 4) is 0 Å². The minimum absolute atomic E-state index is 0.681. The number of nitrogens with zero attached hydrogens (tertiary/aromatic N) is 1. The third kappa shape index (κ3) is 3.76. The lowest BCUT2D eigenvalue weighted by atomic mass is 9.87. The summed E-state index contributed by atoms with van der Waals surface area (Å²) in [6.07, 6.45) is 7.20. The van der Waals surface area contributed by atoms with Gasteiger partial charge in [-0.3, -0.25) is 4.90 Å². The van der Waals surface area contributed by atoms with Gasteiger partial charge in [0.15, 0.2) is 0 Å². The van der Waals surface area contributed by atoms with Crippen LogP contribution < -0.4 is 5.32 Å². The van der Waals surface area contributed by atoms with Crippen molar-refractivity contribution in [2.45, 2.75) is 84.8 Å². The van der Waals surface area contributed by atoms with Crippen molar-refractivity contribution in [1.82, 2.24) is 10.2 Å². The van der Waals surface area contributed by atoms with Crippen LogP contribution in [-0.4, -0.2) is 36.1 Å². The molecule has 1 aliphatic heterocycles. The summed E-state index contributed by atoms with van der Waals surface area (Å²) in [6.45, 7) is 14.5. The van der Waals surface area contributed by atoms with E-state index in [9.17, 15) is 0 Å². The normalized spacial score (nSPS) is 37.4. The Bertz CT molecular complexity index is 287. The van der Waals surface area contributed by atoms with Crippen LogP contribution in [-0.2, 0) is 0 Å². The Kier molecular flexibility index (Phi) is 5.92. The predicted octanol–water partition coefficient (Wildman–Crippen LogP) is 3.91. The van der Waals surface area contributed by atoms with Gasteiger partial charge < -0.3 is 5.32 Å². The van der Waals surface area contributed by atoms with E-state index < -0.39 is 0 Å². The fourth-order valence-electron chi connectivity index (χ4n) is 4.23. The van der Waals surface area contributed by atoms with Crippen LogP contribution in [0.25, 0.3) is 0 Å². The van der Waals surface area contributed by atoms with E-state index in [-0.39, 0.29) is 0 Å². The van der Waals surface area contributed by atoms with E-state index in [0.29, 0.717) is 6.04 Å². The molecule has 1 saturated heterocycles. The molecule has 0 spiro atoms. The molecule has 2 fully saturated rings. The van der Waals surface area contributed by atoms with Gasteiger partial charge in [-0.05, 0) is 30.6 Å². The number of hydrogen-bond acceptors (Lipinski definition) is 2. The highest BCUT2D eigenvalue weighted by Crippen LogP contribution is 2.31. The van der Waals surface area contributed by atoms with Crippen LogP contribution in [0, 0.1) is 17.8 Å². The van der Waals surface area contributed by atoms with Crippen molar-refractivity contribution >= 4 is 0 Å².